The number of methoxy groups -OCH3 is 1. The standard InChI is InChI=1S/C17H20N2O2/c1-21-13-4-2-3-12(8-13)19-14-9-18-17(20)16-11-6-5-10(7-11)15(14)16/h2-3,8-11,13,19H,4-7H2,1H3,(H,18,20). The van der Waals surface area contributed by atoms with E-state index in [2.05, 4.69) is 28.5 Å². The van der Waals surface area contributed by atoms with Crippen molar-refractivity contribution in [2.45, 2.75) is 43.6 Å². The highest BCUT2D eigenvalue weighted by Crippen LogP contribution is 2.53. The minimum absolute atomic E-state index is 0.102. The van der Waals surface area contributed by atoms with Gasteiger partial charge in [-0.3, -0.25) is 4.79 Å². The van der Waals surface area contributed by atoms with Crippen LogP contribution in [-0.4, -0.2) is 18.2 Å². The van der Waals surface area contributed by atoms with Gasteiger partial charge in [0.1, 0.15) is 0 Å². The molecule has 0 saturated heterocycles. The second-order valence-corrected chi connectivity index (χ2v) is 6.22. The summed E-state index contributed by atoms with van der Waals surface area (Å²) >= 11 is 0. The van der Waals surface area contributed by atoms with Crippen LogP contribution in [-0.2, 0) is 4.74 Å². The third kappa shape index (κ3) is 2.05. The lowest BCUT2D eigenvalue weighted by atomic mass is 9.92. The number of aromatic nitrogens is 1. The van der Waals surface area contributed by atoms with Crippen molar-refractivity contribution in [3.05, 3.63) is 51.6 Å². The molecule has 110 valence electrons. The number of anilines is 1. The summed E-state index contributed by atoms with van der Waals surface area (Å²) < 4.78 is 5.39. The van der Waals surface area contributed by atoms with Crippen molar-refractivity contribution in [3.63, 3.8) is 0 Å². The molecule has 2 bridgehead atoms. The fraction of sp³-hybridized carbons (Fsp3) is 0.471. The molecular weight excluding hydrogens is 264 g/mol. The Morgan fingerprint density at radius 2 is 2.10 bits per heavy atom. The van der Waals surface area contributed by atoms with E-state index in [1.165, 1.54) is 18.4 Å². The smallest absolute Gasteiger partial charge is 0.251 e. The van der Waals surface area contributed by atoms with E-state index in [9.17, 15) is 4.79 Å². The summed E-state index contributed by atoms with van der Waals surface area (Å²) in [4.78, 5) is 15.0. The molecule has 1 aromatic rings. The van der Waals surface area contributed by atoms with Gasteiger partial charge in [0.15, 0.2) is 0 Å². The second-order valence-electron chi connectivity index (χ2n) is 6.22. The maximum absolute atomic E-state index is 12.1. The van der Waals surface area contributed by atoms with Crippen LogP contribution in [0, 0.1) is 0 Å². The lowest BCUT2D eigenvalue weighted by Gasteiger charge is -2.21. The number of nitrogens with one attached hydrogen (secondary N) is 2. The van der Waals surface area contributed by atoms with Gasteiger partial charge >= 0.3 is 0 Å². The molecule has 0 spiro atoms. The van der Waals surface area contributed by atoms with Crippen molar-refractivity contribution >= 4 is 5.69 Å². The zero-order valence-corrected chi connectivity index (χ0v) is 12.2. The highest BCUT2D eigenvalue weighted by Gasteiger charge is 2.40. The summed E-state index contributed by atoms with van der Waals surface area (Å²) in [6, 6.07) is 0. The molecule has 0 aliphatic heterocycles. The molecule has 3 aliphatic carbocycles. The molecule has 0 aromatic carbocycles. The zero-order valence-electron chi connectivity index (χ0n) is 12.2. The van der Waals surface area contributed by atoms with E-state index in [4.69, 9.17) is 4.74 Å². The van der Waals surface area contributed by atoms with Crippen molar-refractivity contribution in [2.75, 3.05) is 12.4 Å². The van der Waals surface area contributed by atoms with Gasteiger partial charge in [-0.25, -0.2) is 0 Å². The van der Waals surface area contributed by atoms with Crippen molar-refractivity contribution in [1.29, 1.82) is 0 Å². The molecule has 1 fully saturated rings. The Balaban J connectivity index is 1.70. The van der Waals surface area contributed by atoms with Crippen molar-refractivity contribution in [2.24, 2.45) is 0 Å². The summed E-state index contributed by atoms with van der Waals surface area (Å²) in [5, 5.41) is 3.48. The average Bonchev–Trinajstić information content (AvgIpc) is 3.12. The maximum atomic E-state index is 12.1. The molecule has 3 atom stereocenters. The number of rotatable bonds is 3. The first-order chi connectivity index (χ1) is 10.3. The number of hydrogen-bond acceptors (Lipinski definition) is 3. The van der Waals surface area contributed by atoms with Crippen LogP contribution in [0.15, 0.2) is 34.9 Å². The fourth-order valence-electron chi connectivity index (χ4n) is 4.07. The number of aromatic amines is 1. The number of ether oxygens (including phenoxy) is 1. The highest BCUT2D eigenvalue weighted by atomic mass is 16.5. The Morgan fingerprint density at radius 3 is 2.90 bits per heavy atom. The quantitative estimate of drug-likeness (QED) is 0.897. The molecule has 4 rings (SSSR count). The van der Waals surface area contributed by atoms with Crippen molar-refractivity contribution in [3.8, 4) is 0 Å². The fourth-order valence-corrected chi connectivity index (χ4v) is 4.07. The van der Waals surface area contributed by atoms with Gasteiger partial charge in [0.25, 0.3) is 5.56 Å². The van der Waals surface area contributed by atoms with E-state index in [0.29, 0.717) is 11.8 Å². The van der Waals surface area contributed by atoms with Gasteiger partial charge in [-0.05, 0) is 55.2 Å². The molecular formula is C17H20N2O2. The van der Waals surface area contributed by atoms with Crippen LogP contribution in [0.4, 0.5) is 5.69 Å². The van der Waals surface area contributed by atoms with Gasteiger partial charge < -0.3 is 15.0 Å². The van der Waals surface area contributed by atoms with Gasteiger partial charge in [-0.1, -0.05) is 6.08 Å². The number of H-pyrrole nitrogens is 1. The molecule has 4 nitrogen and oxygen atoms in total. The minimum Gasteiger partial charge on any atom is -0.377 e. The zero-order chi connectivity index (χ0) is 14.4. The minimum atomic E-state index is 0.102. The largest absolute Gasteiger partial charge is 0.377 e. The Labute approximate surface area is 123 Å². The van der Waals surface area contributed by atoms with Gasteiger partial charge in [-0.15, -0.1) is 0 Å². The molecule has 21 heavy (non-hydrogen) atoms. The molecule has 3 aliphatic rings. The lowest BCUT2D eigenvalue weighted by molar-refractivity contribution is 0.142. The molecule has 1 heterocycles. The summed E-state index contributed by atoms with van der Waals surface area (Å²) in [6.07, 6.45) is 12.7. The first kappa shape index (κ1) is 12.9. The van der Waals surface area contributed by atoms with Crippen LogP contribution in [0.3, 0.4) is 0 Å². The van der Waals surface area contributed by atoms with Crippen molar-refractivity contribution < 1.29 is 4.74 Å². The first-order valence-electron chi connectivity index (χ1n) is 7.70. The van der Waals surface area contributed by atoms with Gasteiger partial charge in [-0.2, -0.15) is 0 Å². The van der Waals surface area contributed by atoms with E-state index in [0.717, 1.165) is 29.8 Å². The van der Waals surface area contributed by atoms with Crippen LogP contribution in [0.25, 0.3) is 0 Å². The van der Waals surface area contributed by atoms with Gasteiger partial charge in [0.2, 0.25) is 0 Å². The number of fused-ring (bicyclic) bond motifs is 5. The average molecular weight is 284 g/mol. The van der Waals surface area contributed by atoms with Crippen LogP contribution >= 0.6 is 0 Å². The Morgan fingerprint density at radius 1 is 1.29 bits per heavy atom. The molecule has 2 N–H and O–H groups in total. The topological polar surface area (TPSA) is 54.1 Å². The highest BCUT2D eigenvalue weighted by molar-refractivity contribution is 5.62. The Bertz CT molecular complexity index is 687. The molecule has 1 saturated carbocycles. The molecule has 1 aromatic heterocycles. The van der Waals surface area contributed by atoms with Crippen molar-refractivity contribution in [1.82, 2.24) is 4.98 Å². The second kappa shape index (κ2) is 4.88. The molecule has 3 unspecified atom stereocenters. The summed E-state index contributed by atoms with van der Waals surface area (Å²) in [7, 11) is 1.73. The SMILES string of the molecule is COC1C=C(Nc2c[nH]c(=O)c3c2C2CCC3C2)C=CC1. The number of hydrogen-bond donors (Lipinski definition) is 2. The summed E-state index contributed by atoms with van der Waals surface area (Å²) in [5.41, 5.74) is 4.49. The van der Waals surface area contributed by atoms with E-state index in [1.807, 2.05) is 6.20 Å². The van der Waals surface area contributed by atoms with E-state index in [1.54, 1.807) is 7.11 Å². The summed E-state index contributed by atoms with van der Waals surface area (Å²) in [6.45, 7) is 0. The number of allylic oxidation sites excluding steroid dienone is 1. The van der Waals surface area contributed by atoms with Crippen LogP contribution in [0.1, 0.15) is 48.6 Å². The van der Waals surface area contributed by atoms with Crippen LogP contribution in [0.2, 0.25) is 0 Å². The van der Waals surface area contributed by atoms with Crippen LogP contribution in [0.5, 0.6) is 0 Å². The van der Waals surface area contributed by atoms with E-state index in [-0.39, 0.29) is 11.7 Å². The predicted molar refractivity (Wildman–Crippen MR) is 82.7 cm³/mol. The molecule has 4 heteroatoms. The Hall–Kier alpha value is -1.81. The van der Waals surface area contributed by atoms with Crippen LogP contribution < -0.4 is 10.9 Å². The van der Waals surface area contributed by atoms with E-state index >= 15 is 0 Å². The lowest BCUT2D eigenvalue weighted by Crippen LogP contribution is -2.19. The van der Waals surface area contributed by atoms with Gasteiger partial charge in [0, 0.05) is 24.6 Å². The Kier molecular flexibility index (Phi) is 3.00. The van der Waals surface area contributed by atoms with E-state index < -0.39 is 0 Å². The third-order valence-corrected chi connectivity index (χ3v) is 5.03. The first-order valence-corrected chi connectivity index (χ1v) is 7.70. The molecule has 0 amide bonds. The predicted octanol–water partition coefficient (Wildman–Crippen LogP) is 3.01. The van der Waals surface area contributed by atoms with Gasteiger partial charge in [0.05, 0.1) is 11.8 Å². The monoisotopic (exact) mass is 284 g/mol. The summed E-state index contributed by atoms with van der Waals surface area (Å²) in [5.74, 6) is 1.03. The third-order valence-electron chi connectivity index (χ3n) is 5.03. The molecule has 0 radical (unpaired) electrons. The normalized spacial score (nSPS) is 29.4. The maximum Gasteiger partial charge on any atom is 0.251 e. The number of pyridine rings is 1.